The molecule has 0 spiro atoms. The number of carboxylic acid groups (broad SMARTS) is 1. The molecule has 0 heterocycles. The average Bonchev–Trinajstić information content (AvgIpc) is 2.02. The van der Waals surface area contributed by atoms with Crippen molar-refractivity contribution >= 4 is 12.0 Å². The Bertz CT molecular complexity index is 248. The second kappa shape index (κ2) is 4.64. The Balaban J connectivity index is 4.19. The molecule has 0 saturated heterocycles. The van der Waals surface area contributed by atoms with E-state index in [1.165, 1.54) is 13.8 Å². The van der Waals surface area contributed by atoms with E-state index in [4.69, 9.17) is 5.11 Å². The van der Waals surface area contributed by atoms with Crippen LogP contribution in [-0.4, -0.2) is 28.7 Å². The van der Waals surface area contributed by atoms with Gasteiger partial charge in [0.15, 0.2) is 0 Å². The first-order valence-corrected chi connectivity index (χ1v) is 4.24. The molecule has 0 aromatic rings. The van der Waals surface area contributed by atoms with Crippen molar-refractivity contribution in [2.75, 3.05) is 0 Å². The van der Waals surface area contributed by atoms with E-state index >= 15 is 0 Å². The number of nitrogens with one attached hydrogen (secondary N) is 2. The summed E-state index contributed by atoms with van der Waals surface area (Å²) in [5.41, 5.74) is -1.27. The molecule has 0 aliphatic rings. The minimum Gasteiger partial charge on any atom is -0.480 e. The van der Waals surface area contributed by atoms with Crippen LogP contribution < -0.4 is 10.6 Å². The van der Waals surface area contributed by atoms with Crippen LogP contribution in [-0.2, 0) is 4.79 Å². The van der Waals surface area contributed by atoms with Gasteiger partial charge in [-0.05, 0) is 20.8 Å². The third-order valence-electron chi connectivity index (χ3n) is 1.67. The molecule has 0 bridgehead atoms. The minimum atomic E-state index is -1.27. The molecule has 0 radical (unpaired) electrons. The summed E-state index contributed by atoms with van der Waals surface area (Å²) in [4.78, 5) is 21.8. The lowest BCUT2D eigenvalue weighted by Gasteiger charge is -2.22. The summed E-state index contributed by atoms with van der Waals surface area (Å²) in [5.74, 6) is -1.08. The van der Waals surface area contributed by atoms with E-state index in [1.807, 2.05) is 0 Å². The third kappa shape index (κ3) is 3.93. The molecule has 0 aromatic heterocycles. The SMILES string of the molecule is C=CC(C)NC(=O)NC(C)(C)C(=O)O. The maximum absolute atomic E-state index is 11.2. The number of carbonyl (C=O) groups excluding carboxylic acids is 1. The molecular formula is C9H16N2O3. The van der Waals surface area contributed by atoms with Gasteiger partial charge in [-0.1, -0.05) is 6.08 Å². The highest BCUT2D eigenvalue weighted by molar-refractivity contribution is 5.85. The molecule has 2 amide bonds. The summed E-state index contributed by atoms with van der Waals surface area (Å²) in [5, 5.41) is 13.6. The first-order chi connectivity index (χ1) is 6.29. The molecule has 0 rings (SSSR count). The second-order valence-corrected chi connectivity index (χ2v) is 3.55. The molecule has 1 unspecified atom stereocenters. The van der Waals surface area contributed by atoms with Gasteiger partial charge >= 0.3 is 12.0 Å². The maximum Gasteiger partial charge on any atom is 0.328 e. The van der Waals surface area contributed by atoms with E-state index in [9.17, 15) is 9.59 Å². The third-order valence-corrected chi connectivity index (χ3v) is 1.67. The molecular weight excluding hydrogens is 184 g/mol. The average molecular weight is 200 g/mol. The molecule has 0 aliphatic heterocycles. The summed E-state index contributed by atoms with van der Waals surface area (Å²) in [6.45, 7) is 8.04. The van der Waals surface area contributed by atoms with Gasteiger partial charge in [-0.3, -0.25) is 0 Å². The Labute approximate surface area is 83.2 Å². The van der Waals surface area contributed by atoms with Gasteiger partial charge in [-0.15, -0.1) is 6.58 Å². The van der Waals surface area contributed by atoms with Crippen molar-refractivity contribution in [1.29, 1.82) is 0 Å². The highest BCUT2D eigenvalue weighted by Crippen LogP contribution is 2.01. The maximum atomic E-state index is 11.2. The zero-order valence-electron chi connectivity index (χ0n) is 8.63. The normalized spacial score (nSPS) is 12.8. The molecule has 0 fully saturated rings. The van der Waals surface area contributed by atoms with Crippen LogP contribution in [0.4, 0.5) is 4.79 Å². The van der Waals surface area contributed by atoms with Crippen molar-refractivity contribution in [3.63, 3.8) is 0 Å². The summed E-state index contributed by atoms with van der Waals surface area (Å²) < 4.78 is 0. The molecule has 5 nitrogen and oxygen atoms in total. The predicted molar refractivity (Wildman–Crippen MR) is 53.0 cm³/mol. The Morgan fingerprint density at radius 2 is 2.00 bits per heavy atom. The number of carbonyl (C=O) groups is 2. The van der Waals surface area contributed by atoms with Gasteiger partial charge in [0.2, 0.25) is 0 Å². The van der Waals surface area contributed by atoms with Crippen LogP contribution in [0.3, 0.4) is 0 Å². The van der Waals surface area contributed by atoms with Gasteiger partial charge in [-0.2, -0.15) is 0 Å². The monoisotopic (exact) mass is 200 g/mol. The molecule has 3 N–H and O–H groups in total. The minimum absolute atomic E-state index is 0.195. The van der Waals surface area contributed by atoms with Crippen molar-refractivity contribution in [3.8, 4) is 0 Å². The van der Waals surface area contributed by atoms with Crippen LogP contribution in [0.5, 0.6) is 0 Å². The van der Waals surface area contributed by atoms with Gasteiger partial charge < -0.3 is 15.7 Å². The van der Waals surface area contributed by atoms with Crippen LogP contribution in [0.15, 0.2) is 12.7 Å². The first kappa shape index (κ1) is 12.5. The summed E-state index contributed by atoms with van der Waals surface area (Å²) >= 11 is 0. The number of rotatable bonds is 4. The molecule has 14 heavy (non-hydrogen) atoms. The number of urea groups is 1. The number of hydrogen-bond donors (Lipinski definition) is 3. The predicted octanol–water partition coefficient (Wildman–Crippen LogP) is 0.723. The van der Waals surface area contributed by atoms with Gasteiger partial charge in [0.1, 0.15) is 5.54 Å². The molecule has 0 aromatic carbocycles. The molecule has 1 atom stereocenters. The van der Waals surface area contributed by atoms with E-state index < -0.39 is 17.5 Å². The van der Waals surface area contributed by atoms with Crippen molar-refractivity contribution in [3.05, 3.63) is 12.7 Å². The fraction of sp³-hybridized carbons (Fsp3) is 0.556. The quantitative estimate of drug-likeness (QED) is 0.585. The fourth-order valence-electron chi connectivity index (χ4n) is 0.639. The standard InChI is InChI=1S/C9H16N2O3/c1-5-6(2)10-8(14)11-9(3,4)7(12)13/h5-6H,1H2,2-4H3,(H,12,13)(H2,10,11,14). The number of carboxylic acids is 1. The van der Waals surface area contributed by atoms with Crippen LogP contribution in [0.2, 0.25) is 0 Å². The lowest BCUT2D eigenvalue weighted by molar-refractivity contribution is -0.142. The fourth-order valence-corrected chi connectivity index (χ4v) is 0.639. The van der Waals surface area contributed by atoms with Crippen molar-refractivity contribution in [1.82, 2.24) is 10.6 Å². The molecule has 0 aliphatic carbocycles. The number of hydrogen-bond acceptors (Lipinski definition) is 2. The van der Waals surface area contributed by atoms with Crippen LogP contribution in [0.25, 0.3) is 0 Å². The molecule has 0 saturated carbocycles. The Hall–Kier alpha value is -1.52. The zero-order valence-corrected chi connectivity index (χ0v) is 8.63. The zero-order chi connectivity index (χ0) is 11.4. The number of amides is 2. The summed E-state index contributed by atoms with van der Waals surface area (Å²) in [7, 11) is 0. The van der Waals surface area contributed by atoms with E-state index in [1.54, 1.807) is 13.0 Å². The first-order valence-electron chi connectivity index (χ1n) is 4.24. The lowest BCUT2D eigenvalue weighted by Crippen LogP contribution is -2.54. The van der Waals surface area contributed by atoms with Gasteiger partial charge in [-0.25, -0.2) is 9.59 Å². The topological polar surface area (TPSA) is 78.4 Å². The Morgan fingerprint density at radius 1 is 1.50 bits per heavy atom. The highest BCUT2D eigenvalue weighted by atomic mass is 16.4. The van der Waals surface area contributed by atoms with Crippen molar-refractivity contribution in [2.45, 2.75) is 32.4 Å². The van der Waals surface area contributed by atoms with Gasteiger partial charge in [0.25, 0.3) is 0 Å². The van der Waals surface area contributed by atoms with Crippen LogP contribution in [0.1, 0.15) is 20.8 Å². The van der Waals surface area contributed by atoms with Gasteiger partial charge in [0.05, 0.1) is 0 Å². The van der Waals surface area contributed by atoms with Crippen LogP contribution in [0, 0.1) is 0 Å². The van der Waals surface area contributed by atoms with E-state index in [2.05, 4.69) is 17.2 Å². The molecule has 5 heteroatoms. The summed E-state index contributed by atoms with van der Waals surface area (Å²) in [6.07, 6.45) is 1.55. The van der Waals surface area contributed by atoms with Gasteiger partial charge in [0, 0.05) is 6.04 Å². The Kier molecular flexibility index (Phi) is 4.14. The number of aliphatic carboxylic acids is 1. The highest BCUT2D eigenvalue weighted by Gasteiger charge is 2.28. The van der Waals surface area contributed by atoms with E-state index in [0.717, 1.165) is 0 Å². The smallest absolute Gasteiger partial charge is 0.328 e. The Morgan fingerprint density at radius 3 is 2.36 bits per heavy atom. The lowest BCUT2D eigenvalue weighted by atomic mass is 10.1. The molecule has 80 valence electrons. The summed E-state index contributed by atoms with van der Waals surface area (Å²) in [6, 6.07) is -0.718. The van der Waals surface area contributed by atoms with E-state index in [-0.39, 0.29) is 6.04 Å². The van der Waals surface area contributed by atoms with Crippen molar-refractivity contribution in [2.24, 2.45) is 0 Å². The van der Waals surface area contributed by atoms with Crippen molar-refractivity contribution < 1.29 is 14.7 Å². The van der Waals surface area contributed by atoms with Crippen LogP contribution >= 0.6 is 0 Å². The van der Waals surface area contributed by atoms with E-state index in [0.29, 0.717) is 0 Å². The largest absolute Gasteiger partial charge is 0.480 e. The second-order valence-electron chi connectivity index (χ2n) is 3.55.